The second-order valence-corrected chi connectivity index (χ2v) is 4.60. The molecule has 0 aliphatic rings. The number of rotatable bonds is 2. The summed E-state index contributed by atoms with van der Waals surface area (Å²) >= 11 is 6.01. The van der Waals surface area contributed by atoms with Crippen molar-refractivity contribution < 1.29 is 4.79 Å². The average Bonchev–Trinajstić information content (AvgIpc) is 2.77. The van der Waals surface area contributed by atoms with Crippen molar-refractivity contribution in [1.82, 2.24) is 19.5 Å². The number of halogens is 1. The number of carbonyl (C=O) groups is 1. The van der Waals surface area contributed by atoms with Crippen molar-refractivity contribution in [3.05, 3.63) is 47.1 Å². The highest BCUT2D eigenvalue weighted by Crippen LogP contribution is 2.23. The topological polar surface area (TPSA) is 86.7 Å². The third-order valence-corrected chi connectivity index (χ3v) is 3.25. The zero-order valence-corrected chi connectivity index (χ0v) is 11.3. The predicted octanol–water partition coefficient (Wildman–Crippen LogP) is 1.88. The Morgan fingerprint density at radius 3 is 2.60 bits per heavy atom. The van der Waals surface area contributed by atoms with Crippen molar-refractivity contribution in [2.45, 2.75) is 6.92 Å². The second kappa shape index (κ2) is 4.57. The first-order valence-electron chi connectivity index (χ1n) is 5.83. The van der Waals surface area contributed by atoms with E-state index in [2.05, 4.69) is 15.0 Å². The van der Waals surface area contributed by atoms with E-state index in [0.717, 1.165) is 11.5 Å². The van der Waals surface area contributed by atoms with Gasteiger partial charge in [0.2, 0.25) is 5.91 Å². The summed E-state index contributed by atoms with van der Waals surface area (Å²) in [6.45, 7) is 1.85. The van der Waals surface area contributed by atoms with E-state index in [0.29, 0.717) is 21.9 Å². The van der Waals surface area contributed by atoms with Gasteiger partial charge in [-0.05, 0) is 31.2 Å². The summed E-state index contributed by atoms with van der Waals surface area (Å²) in [5, 5.41) is 0.311. The molecule has 1 amide bonds. The molecule has 0 radical (unpaired) electrons. The van der Waals surface area contributed by atoms with E-state index in [9.17, 15) is 4.79 Å². The summed E-state index contributed by atoms with van der Waals surface area (Å²) in [4.78, 5) is 23.6. The fourth-order valence-electron chi connectivity index (χ4n) is 2.06. The molecule has 0 saturated heterocycles. The minimum Gasteiger partial charge on any atom is -0.366 e. The SMILES string of the molecule is Cc1nc2c(Cl)ncnc2n1-c1ccc(C(N)=O)cc1. The number of aromatic nitrogens is 4. The van der Waals surface area contributed by atoms with Crippen LogP contribution in [0.5, 0.6) is 0 Å². The van der Waals surface area contributed by atoms with Crippen LogP contribution in [0, 0.1) is 6.92 Å². The second-order valence-electron chi connectivity index (χ2n) is 4.24. The highest BCUT2D eigenvalue weighted by atomic mass is 35.5. The number of primary amides is 1. The van der Waals surface area contributed by atoms with E-state index in [1.54, 1.807) is 24.3 Å². The van der Waals surface area contributed by atoms with Crippen LogP contribution in [0.1, 0.15) is 16.2 Å². The Morgan fingerprint density at radius 1 is 1.25 bits per heavy atom. The molecule has 100 valence electrons. The highest BCUT2D eigenvalue weighted by Gasteiger charge is 2.13. The van der Waals surface area contributed by atoms with Gasteiger partial charge in [0.05, 0.1) is 0 Å². The molecule has 0 spiro atoms. The van der Waals surface area contributed by atoms with E-state index in [1.807, 2.05) is 11.5 Å². The van der Waals surface area contributed by atoms with Gasteiger partial charge in [-0.15, -0.1) is 0 Å². The normalized spacial score (nSPS) is 10.9. The Balaban J connectivity index is 2.21. The maximum Gasteiger partial charge on any atom is 0.248 e. The summed E-state index contributed by atoms with van der Waals surface area (Å²) in [6.07, 6.45) is 1.39. The molecule has 3 aromatic rings. The standard InChI is InChI=1S/C13H10ClN5O/c1-7-18-10-11(14)16-6-17-13(10)19(7)9-4-2-8(3-5-9)12(15)20/h2-6H,1H3,(H2,15,20). The van der Waals surface area contributed by atoms with Crippen LogP contribution in [0.25, 0.3) is 16.9 Å². The van der Waals surface area contributed by atoms with Crippen LogP contribution in [0.4, 0.5) is 0 Å². The number of imidazole rings is 1. The van der Waals surface area contributed by atoms with Gasteiger partial charge in [0.15, 0.2) is 10.8 Å². The molecule has 20 heavy (non-hydrogen) atoms. The third-order valence-electron chi connectivity index (χ3n) is 2.98. The fourth-order valence-corrected chi connectivity index (χ4v) is 2.23. The van der Waals surface area contributed by atoms with Crippen LogP contribution < -0.4 is 5.73 Å². The van der Waals surface area contributed by atoms with Crippen LogP contribution in [0.15, 0.2) is 30.6 Å². The zero-order valence-electron chi connectivity index (χ0n) is 10.5. The largest absolute Gasteiger partial charge is 0.366 e. The maximum absolute atomic E-state index is 11.1. The molecule has 3 rings (SSSR count). The molecule has 0 saturated carbocycles. The summed E-state index contributed by atoms with van der Waals surface area (Å²) in [5.41, 5.74) is 7.66. The van der Waals surface area contributed by atoms with Gasteiger partial charge in [-0.3, -0.25) is 9.36 Å². The van der Waals surface area contributed by atoms with Crippen LogP contribution >= 0.6 is 11.6 Å². The molecular formula is C13H10ClN5O. The maximum atomic E-state index is 11.1. The van der Waals surface area contributed by atoms with E-state index in [4.69, 9.17) is 17.3 Å². The van der Waals surface area contributed by atoms with E-state index < -0.39 is 5.91 Å². The van der Waals surface area contributed by atoms with E-state index in [1.165, 1.54) is 6.33 Å². The summed E-state index contributed by atoms with van der Waals surface area (Å²) in [5.74, 6) is 0.267. The van der Waals surface area contributed by atoms with Crippen LogP contribution in [-0.2, 0) is 0 Å². The number of carbonyl (C=O) groups excluding carboxylic acids is 1. The minimum atomic E-state index is -0.464. The molecule has 0 fully saturated rings. The highest BCUT2D eigenvalue weighted by molar-refractivity contribution is 6.33. The lowest BCUT2D eigenvalue weighted by molar-refractivity contribution is 0.100. The van der Waals surface area contributed by atoms with Gasteiger partial charge in [-0.25, -0.2) is 15.0 Å². The molecular weight excluding hydrogens is 278 g/mol. The Morgan fingerprint density at radius 2 is 1.95 bits per heavy atom. The number of amides is 1. The molecule has 2 N–H and O–H groups in total. The van der Waals surface area contributed by atoms with Crippen molar-refractivity contribution in [2.75, 3.05) is 0 Å². The number of nitrogens with zero attached hydrogens (tertiary/aromatic N) is 4. The average molecular weight is 288 g/mol. The van der Waals surface area contributed by atoms with Crippen molar-refractivity contribution in [1.29, 1.82) is 0 Å². The van der Waals surface area contributed by atoms with Gasteiger partial charge in [-0.1, -0.05) is 11.6 Å². The number of fused-ring (bicyclic) bond motifs is 1. The number of benzene rings is 1. The van der Waals surface area contributed by atoms with Gasteiger partial charge in [0, 0.05) is 11.3 Å². The summed E-state index contributed by atoms with van der Waals surface area (Å²) < 4.78 is 1.84. The molecule has 7 heteroatoms. The molecule has 1 aromatic carbocycles. The molecule has 0 aliphatic heterocycles. The predicted molar refractivity (Wildman–Crippen MR) is 74.9 cm³/mol. The Kier molecular flexibility index (Phi) is 2.87. The first-order chi connectivity index (χ1) is 9.58. The van der Waals surface area contributed by atoms with Gasteiger partial charge in [0.1, 0.15) is 17.7 Å². The zero-order chi connectivity index (χ0) is 14.3. The van der Waals surface area contributed by atoms with Crippen molar-refractivity contribution in [2.24, 2.45) is 5.73 Å². The minimum absolute atomic E-state index is 0.311. The molecule has 0 bridgehead atoms. The van der Waals surface area contributed by atoms with Gasteiger partial charge < -0.3 is 5.73 Å². The van der Waals surface area contributed by atoms with E-state index in [-0.39, 0.29) is 0 Å². The number of nitrogens with two attached hydrogens (primary N) is 1. The molecule has 0 unspecified atom stereocenters. The monoisotopic (exact) mass is 287 g/mol. The van der Waals surface area contributed by atoms with Crippen molar-refractivity contribution >= 4 is 28.7 Å². The molecule has 0 atom stereocenters. The van der Waals surface area contributed by atoms with Crippen LogP contribution in [0.3, 0.4) is 0 Å². The van der Waals surface area contributed by atoms with Crippen LogP contribution in [0.2, 0.25) is 5.15 Å². The fraction of sp³-hybridized carbons (Fsp3) is 0.0769. The van der Waals surface area contributed by atoms with Crippen molar-refractivity contribution in [3.8, 4) is 5.69 Å². The van der Waals surface area contributed by atoms with Gasteiger partial charge >= 0.3 is 0 Å². The quantitative estimate of drug-likeness (QED) is 0.729. The van der Waals surface area contributed by atoms with Gasteiger partial charge in [-0.2, -0.15) is 0 Å². The Labute approximate surface area is 119 Å². The number of hydrogen-bond acceptors (Lipinski definition) is 4. The Bertz CT molecular complexity index is 809. The number of hydrogen-bond donors (Lipinski definition) is 1. The van der Waals surface area contributed by atoms with Crippen molar-refractivity contribution in [3.63, 3.8) is 0 Å². The lowest BCUT2D eigenvalue weighted by atomic mass is 10.2. The van der Waals surface area contributed by atoms with E-state index >= 15 is 0 Å². The van der Waals surface area contributed by atoms with Gasteiger partial charge in [0.25, 0.3) is 0 Å². The molecule has 2 heterocycles. The molecule has 6 nitrogen and oxygen atoms in total. The first-order valence-corrected chi connectivity index (χ1v) is 6.21. The first kappa shape index (κ1) is 12.6. The lowest BCUT2D eigenvalue weighted by Crippen LogP contribution is -2.10. The molecule has 2 aromatic heterocycles. The lowest BCUT2D eigenvalue weighted by Gasteiger charge is -2.06. The summed E-state index contributed by atoms with van der Waals surface area (Å²) in [7, 11) is 0. The Hall–Kier alpha value is -2.47. The smallest absolute Gasteiger partial charge is 0.248 e. The summed E-state index contributed by atoms with van der Waals surface area (Å²) in [6, 6.07) is 6.88. The van der Waals surface area contributed by atoms with Crippen LogP contribution in [-0.4, -0.2) is 25.4 Å². The third kappa shape index (κ3) is 1.90. The molecule has 0 aliphatic carbocycles. The number of aryl methyl sites for hydroxylation is 1.